The van der Waals surface area contributed by atoms with Gasteiger partial charge in [-0.05, 0) is 59.5 Å². The van der Waals surface area contributed by atoms with E-state index in [1.54, 1.807) is 35.2 Å². The molecule has 190 valence electrons. The Morgan fingerprint density at radius 3 is 2.66 bits per heavy atom. The van der Waals surface area contributed by atoms with Crippen LogP contribution in [0.3, 0.4) is 0 Å². The fraction of sp³-hybridized carbons (Fsp3) is 0.560. The first kappa shape index (κ1) is 27.0. The van der Waals surface area contributed by atoms with Crippen LogP contribution in [0.5, 0.6) is 0 Å². The van der Waals surface area contributed by atoms with E-state index in [2.05, 4.69) is 62.0 Å². The van der Waals surface area contributed by atoms with Crippen LogP contribution in [0.15, 0.2) is 45.3 Å². The second-order valence-electron chi connectivity index (χ2n) is 11.1. The molecule has 2 aliphatic rings. The van der Waals surface area contributed by atoms with E-state index in [4.69, 9.17) is 19.1 Å². The number of nitrogens with zero attached hydrogens (tertiary/aromatic N) is 2. The highest BCUT2D eigenvalue weighted by Crippen LogP contribution is 2.50. The summed E-state index contributed by atoms with van der Waals surface area (Å²) in [4.78, 5) is 22.7. The van der Waals surface area contributed by atoms with Crippen molar-refractivity contribution in [3.63, 3.8) is 0 Å². The number of aromatic nitrogens is 1. The lowest BCUT2D eigenvalue weighted by Gasteiger charge is -2.50. The second kappa shape index (κ2) is 10.0. The van der Waals surface area contributed by atoms with Crippen molar-refractivity contribution in [1.29, 1.82) is 0 Å². The van der Waals surface area contributed by atoms with Crippen LogP contribution in [-0.2, 0) is 14.7 Å². The number of thioether (sulfide) groups is 1. The molecule has 35 heavy (non-hydrogen) atoms. The molecule has 4 rings (SSSR count). The number of nitrogens with one attached hydrogen (secondary N) is 1. The van der Waals surface area contributed by atoms with E-state index >= 15 is 0 Å². The Morgan fingerprint density at radius 1 is 1.31 bits per heavy atom. The summed E-state index contributed by atoms with van der Waals surface area (Å²) < 4.78 is 13.9. The summed E-state index contributed by atoms with van der Waals surface area (Å²) in [5.41, 5.74) is -0.407. The minimum atomic E-state index is -1.90. The summed E-state index contributed by atoms with van der Waals surface area (Å²) in [5, 5.41) is 6.67. The highest BCUT2D eigenvalue weighted by Gasteiger charge is 2.54. The summed E-state index contributed by atoms with van der Waals surface area (Å²) in [6, 6.07) is 9.22. The van der Waals surface area contributed by atoms with Gasteiger partial charge in [-0.3, -0.25) is 4.79 Å². The number of amidine groups is 1. The van der Waals surface area contributed by atoms with Gasteiger partial charge in [-0.1, -0.05) is 50.7 Å². The Hall–Kier alpha value is -1.04. The van der Waals surface area contributed by atoms with Crippen molar-refractivity contribution in [2.24, 2.45) is 10.9 Å². The number of carbonyl (C=O) groups is 1. The lowest BCUT2D eigenvalue weighted by atomic mass is 9.76. The number of ether oxygens (including phenoxy) is 1. The molecule has 0 radical (unpaired) electrons. The average molecular weight is 597 g/mol. The smallest absolute Gasteiger partial charge is 0.257 e. The molecule has 2 aliphatic heterocycles. The van der Waals surface area contributed by atoms with Crippen LogP contribution < -0.4 is 5.32 Å². The number of benzene rings is 1. The molecule has 3 atom stereocenters. The molecule has 1 amide bonds. The molecule has 6 nitrogen and oxygen atoms in total. The van der Waals surface area contributed by atoms with E-state index in [9.17, 15) is 4.79 Å². The Morgan fingerprint density at radius 2 is 2.03 bits per heavy atom. The molecule has 10 heteroatoms. The van der Waals surface area contributed by atoms with Gasteiger partial charge in [0.2, 0.25) is 0 Å². The summed E-state index contributed by atoms with van der Waals surface area (Å²) in [7, 11) is -1.90. The summed E-state index contributed by atoms with van der Waals surface area (Å²) in [6.45, 7) is 14.5. The zero-order chi connectivity index (χ0) is 25.5. The van der Waals surface area contributed by atoms with Crippen molar-refractivity contribution in [2.45, 2.75) is 63.4 Å². The fourth-order valence-electron chi connectivity index (χ4n) is 4.07. The van der Waals surface area contributed by atoms with Crippen molar-refractivity contribution in [2.75, 3.05) is 19.0 Å². The minimum absolute atomic E-state index is 0.145. The number of hydrogen-bond donors (Lipinski definition) is 1. The molecule has 0 spiro atoms. The molecule has 1 fully saturated rings. The van der Waals surface area contributed by atoms with E-state index < -0.39 is 13.9 Å². The van der Waals surface area contributed by atoms with E-state index in [1.165, 1.54) is 0 Å². The summed E-state index contributed by atoms with van der Waals surface area (Å²) in [6.07, 6.45) is 0.815. The van der Waals surface area contributed by atoms with Crippen molar-refractivity contribution in [3.05, 3.63) is 50.9 Å². The van der Waals surface area contributed by atoms with Crippen LogP contribution in [0.4, 0.5) is 0 Å². The molecule has 1 saturated heterocycles. The van der Waals surface area contributed by atoms with E-state index in [0.717, 1.165) is 21.8 Å². The number of amides is 1. The quantitative estimate of drug-likeness (QED) is 0.402. The number of fused-ring (bicyclic) bond motifs is 1. The molecule has 2 aromatic rings. The van der Waals surface area contributed by atoms with E-state index in [-0.39, 0.29) is 22.5 Å². The predicted octanol–water partition coefficient (Wildman–Crippen LogP) is 6.45. The number of thiazole rings is 1. The third kappa shape index (κ3) is 5.77. The fourth-order valence-corrected chi connectivity index (χ4v) is 7.78. The zero-order valence-corrected chi connectivity index (χ0v) is 25.4. The van der Waals surface area contributed by atoms with Gasteiger partial charge in [0, 0.05) is 22.6 Å². The molecule has 0 aliphatic carbocycles. The van der Waals surface area contributed by atoms with Crippen molar-refractivity contribution in [1.82, 2.24) is 10.3 Å². The van der Waals surface area contributed by atoms with Gasteiger partial charge in [0.05, 0.1) is 18.8 Å². The summed E-state index contributed by atoms with van der Waals surface area (Å²) >= 11 is 6.68. The molecule has 0 unspecified atom stereocenters. The topological polar surface area (TPSA) is 72.8 Å². The number of carbonyl (C=O) groups excluding carboxylic acids is 1. The maximum absolute atomic E-state index is 12.8. The molecule has 0 saturated carbocycles. The first-order chi connectivity index (χ1) is 16.3. The van der Waals surface area contributed by atoms with Crippen molar-refractivity contribution in [3.8, 4) is 0 Å². The van der Waals surface area contributed by atoms with Crippen LogP contribution >= 0.6 is 39.0 Å². The number of aliphatic imine (C=N–C) groups is 1. The number of hydrogen-bond acceptors (Lipinski definition) is 7. The molecule has 0 bridgehead atoms. The summed E-state index contributed by atoms with van der Waals surface area (Å²) in [5.74, 6) is 0.879. The van der Waals surface area contributed by atoms with Gasteiger partial charge in [0.15, 0.2) is 13.5 Å². The second-order valence-corrected chi connectivity index (χ2v) is 18.6. The van der Waals surface area contributed by atoms with Crippen molar-refractivity contribution >= 4 is 58.4 Å². The maximum atomic E-state index is 12.8. The zero-order valence-electron chi connectivity index (χ0n) is 21.2. The largest absolute Gasteiger partial charge is 0.414 e. The Kier molecular flexibility index (Phi) is 7.73. The Bertz CT molecular complexity index is 1100. The maximum Gasteiger partial charge on any atom is 0.257 e. The van der Waals surface area contributed by atoms with E-state index in [0.29, 0.717) is 23.9 Å². The van der Waals surface area contributed by atoms with Crippen LogP contribution in [0.25, 0.3) is 0 Å². The first-order valence-corrected chi connectivity index (χ1v) is 17.4. The average Bonchev–Trinajstić information content (AvgIpc) is 3.25. The Balaban J connectivity index is 1.58. The molecule has 1 aromatic carbocycles. The van der Waals surface area contributed by atoms with Crippen LogP contribution in [0.2, 0.25) is 18.1 Å². The monoisotopic (exact) mass is 595 g/mol. The Labute approximate surface area is 226 Å². The molecular formula is C25H34BrN3O3S2Si. The molecule has 1 N–H and O–H groups in total. The van der Waals surface area contributed by atoms with Crippen LogP contribution in [-0.4, -0.2) is 48.9 Å². The van der Waals surface area contributed by atoms with Crippen LogP contribution in [0, 0.1) is 5.92 Å². The van der Waals surface area contributed by atoms with Crippen molar-refractivity contribution < 1.29 is 14.0 Å². The number of rotatable bonds is 5. The molecular weight excluding hydrogens is 562 g/mol. The lowest BCUT2D eigenvalue weighted by molar-refractivity contribution is -0.139. The third-order valence-corrected chi connectivity index (χ3v) is 14.6. The predicted molar refractivity (Wildman–Crippen MR) is 151 cm³/mol. The van der Waals surface area contributed by atoms with Gasteiger partial charge in [-0.25, -0.2) is 9.98 Å². The van der Waals surface area contributed by atoms with Gasteiger partial charge >= 0.3 is 0 Å². The third-order valence-electron chi connectivity index (χ3n) is 7.36. The normalized spacial score (nSPS) is 27.2. The number of halogens is 1. The minimum Gasteiger partial charge on any atom is -0.414 e. The highest BCUT2D eigenvalue weighted by molar-refractivity contribution is 9.10. The molecule has 1 aromatic heterocycles. The van der Waals surface area contributed by atoms with Gasteiger partial charge < -0.3 is 14.5 Å². The van der Waals surface area contributed by atoms with Gasteiger partial charge in [-0.2, -0.15) is 0 Å². The SMILES string of the molecule is CC(C)(C)[Si](C)(C)OC[C@@]1(C)C[C@H]2CSC(NC(=O)c3ccccc3)=N[C@@]2(c2nc(Br)cs2)CO1. The van der Waals surface area contributed by atoms with Gasteiger partial charge in [0.25, 0.3) is 5.91 Å². The first-order valence-electron chi connectivity index (χ1n) is 11.8. The van der Waals surface area contributed by atoms with Gasteiger partial charge in [0.1, 0.15) is 15.1 Å². The van der Waals surface area contributed by atoms with E-state index in [1.807, 2.05) is 23.6 Å². The standard InChI is InChI=1S/C25H34BrN3O3S2Si/c1-23(2,3)35(5,6)32-15-24(4)12-18-13-34-22(28-20(30)17-10-8-7-9-11-17)29-25(18,16-31-24)21-27-19(26)14-33-21/h7-11,14,18H,12-13,15-16H2,1-6H3,(H,28,29,30)/t18-,24+,25-/m0/s1. The van der Waals surface area contributed by atoms with Gasteiger partial charge in [-0.15, -0.1) is 11.3 Å². The molecule has 3 heterocycles. The van der Waals surface area contributed by atoms with Crippen LogP contribution in [0.1, 0.15) is 49.5 Å². The highest BCUT2D eigenvalue weighted by atomic mass is 79.9. The lowest BCUT2D eigenvalue weighted by Crippen LogP contribution is -2.57.